The van der Waals surface area contributed by atoms with Crippen LogP contribution in [0.4, 0.5) is 0 Å². The van der Waals surface area contributed by atoms with Gasteiger partial charge < -0.3 is 15.3 Å². The number of carboxylic acids is 1. The topological polar surface area (TPSA) is 77.8 Å². The van der Waals surface area contributed by atoms with Gasteiger partial charge in [0.2, 0.25) is 0 Å². The van der Waals surface area contributed by atoms with Gasteiger partial charge in [0.25, 0.3) is 0 Å². The van der Waals surface area contributed by atoms with Crippen LogP contribution in [0.5, 0.6) is 0 Å². The zero-order valence-corrected chi connectivity index (χ0v) is 8.63. The van der Waals surface area contributed by atoms with E-state index in [0.29, 0.717) is 0 Å². The monoisotopic (exact) mass is 236 g/mol. The van der Waals surface area contributed by atoms with Gasteiger partial charge >= 0.3 is 5.97 Å². The first-order valence-electron chi connectivity index (χ1n) is 3.80. The number of rotatable bonds is 4. The number of aromatic carboxylic acids is 1. The van der Waals surface area contributed by atoms with E-state index in [1.165, 1.54) is 6.07 Å². The molecule has 0 radical (unpaired) electrons. The van der Waals surface area contributed by atoms with Crippen LogP contribution >= 0.6 is 22.9 Å². The largest absolute Gasteiger partial charge is 0.477 e. The van der Waals surface area contributed by atoms with Crippen LogP contribution in [-0.2, 0) is 0 Å². The summed E-state index contributed by atoms with van der Waals surface area (Å²) in [6.07, 6.45) is -2.39. The maximum absolute atomic E-state index is 10.7. The molecule has 2 unspecified atom stereocenters. The summed E-state index contributed by atoms with van der Waals surface area (Å²) in [6, 6.07) is 1.47. The van der Waals surface area contributed by atoms with Crippen molar-refractivity contribution in [3.8, 4) is 0 Å². The molecule has 6 heteroatoms. The smallest absolute Gasteiger partial charge is 0.346 e. The summed E-state index contributed by atoms with van der Waals surface area (Å²) >= 11 is 6.34. The number of hydrogen-bond donors (Lipinski definition) is 3. The number of thiophene rings is 1. The zero-order chi connectivity index (χ0) is 10.7. The van der Waals surface area contributed by atoms with Crippen LogP contribution in [-0.4, -0.2) is 33.3 Å². The van der Waals surface area contributed by atoms with Gasteiger partial charge in [0.05, 0.1) is 12.0 Å². The van der Waals surface area contributed by atoms with E-state index in [4.69, 9.17) is 16.7 Å². The second kappa shape index (κ2) is 4.75. The highest BCUT2D eigenvalue weighted by atomic mass is 35.5. The first-order chi connectivity index (χ1) is 6.57. The maximum atomic E-state index is 10.7. The lowest BCUT2D eigenvalue weighted by atomic mass is 10.1. The molecular weight excluding hydrogens is 228 g/mol. The Bertz CT molecular complexity index is 325. The Morgan fingerprint density at radius 3 is 2.71 bits per heavy atom. The van der Waals surface area contributed by atoms with Crippen molar-refractivity contribution in [1.29, 1.82) is 0 Å². The van der Waals surface area contributed by atoms with Gasteiger partial charge in [0.1, 0.15) is 11.0 Å². The summed E-state index contributed by atoms with van der Waals surface area (Å²) in [5.74, 6) is -1.26. The molecule has 0 aliphatic heterocycles. The van der Waals surface area contributed by atoms with Gasteiger partial charge in [0, 0.05) is 5.56 Å². The first-order valence-corrected chi connectivity index (χ1v) is 5.22. The average Bonchev–Trinajstić information content (AvgIpc) is 2.63. The molecule has 0 spiro atoms. The third kappa shape index (κ3) is 2.24. The standard InChI is InChI=1S/C8H9ClO4S/c9-3-5(10)6(11)4-1-2-14-7(4)8(12)13/h1-2,5-6,10-11H,3H2,(H,12,13). The van der Waals surface area contributed by atoms with Crippen molar-refractivity contribution in [2.75, 3.05) is 5.88 Å². The number of carboxylic acid groups (broad SMARTS) is 1. The van der Waals surface area contributed by atoms with Crippen molar-refractivity contribution in [1.82, 2.24) is 0 Å². The van der Waals surface area contributed by atoms with Crippen molar-refractivity contribution in [3.63, 3.8) is 0 Å². The van der Waals surface area contributed by atoms with Gasteiger partial charge in [-0.25, -0.2) is 4.79 Å². The van der Waals surface area contributed by atoms with E-state index in [2.05, 4.69) is 0 Å². The van der Waals surface area contributed by atoms with Crippen LogP contribution in [0.25, 0.3) is 0 Å². The van der Waals surface area contributed by atoms with Gasteiger partial charge in [-0.15, -0.1) is 22.9 Å². The molecule has 1 aromatic heterocycles. The van der Waals surface area contributed by atoms with Crippen molar-refractivity contribution >= 4 is 28.9 Å². The van der Waals surface area contributed by atoms with Gasteiger partial charge in [-0.2, -0.15) is 0 Å². The molecule has 78 valence electrons. The van der Waals surface area contributed by atoms with E-state index >= 15 is 0 Å². The lowest BCUT2D eigenvalue weighted by Gasteiger charge is -2.14. The van der Waals surface area contributed by atoms with Gasteiger partial charge in [-0.05, 0) is 11.4 Å². The second-order valence-electron chi connectivity index (χ2n) is 2.68. The van der Waals surface area contributed by atoms with Crippen LogP contribution in [0.15, 0.2) is 11.4 Å². The quantitative estimate of drug-likeness (QED) is 0.684. The van der Waals surface area contributed by atoms with Crippen LogP contribution in [0.2, 0.25) is 0 Å². The summed E-state index contributed by atoms with van der Waals surface area (Å²) < 4.78 is 0. The molecule has 0 bridgehead atoms. The Labute approximate surface area is 89.4 Å². The average molecular weight is 237 g/mol. The van der Waals surface area contributed by atoms with Gasteiger partial charge in [-0.3, -0.25) is 0 Å². The third-order valence-corrected chi connectivity index (χ3v) is 2.97. The number of alkyl halides is 1. The molecule has 0 fully saturated rings. The minimum absolute atomic E-state index is 0.0293. The summed E-state index contributed by atoms with van der Waals surface area (Å²) in [6.45, 7) is 0. The Morgan fingerprint density at radius 2 is 2.21 bits per heavy atom. The molecule has 0 aromatic carbocycles. The van der Waals surface area contributed by atoms with E-state index in [9.17, 15) is 15.0 Å². The minimum Gasteiger partial charge on any atom is -0.477 e. The lowest BCUT2D eigenvalue weighted by Crippen LogP contribution is -2.20. The van der Waals surface area contributed by atoms with Crippen LogP contribution in [0.3, 0.4) is 0 Å². The zero-order valence-electron chi connectivity index (χ0n) is 7.05. The molecular formula is C8H9ClO4S. The second-order valence-corrected chi connectivity index (χ2v) is 3.90. The highest BCUT2D eigenvalue weighted by molar-refractivity contribution is 7.12. The van der Waals surface area contributed by atoms with Crippen LogP contribution < -0.4 is 0 Å². The fourth-order valence-corrected chi connectivity index (χ4v) is 1.96. The predicted molar refractivity (Wildman–Crippen MR) is 53.0 cm³/mol. The van der Waals surface area contributed by atoms with Crippen molar-refractivity contribution in [3.05, 3.63) is 21.9 Å². The summed E-state index contributed by atoms with van der Waals surface area (Å²) in [7, 11) is 0. The number of carbonyl (C=O) groups is 1. The van der Waals surface area contributed by atoms with E-state index in [1.54, 1.807) is 5.38 Å². The highest BCUT2D eigenvalue weighted by Crippen LogP contribution is 2.26. The molecule has 0 saturated heterocycles. The van der Waals surface area contributed by atoms with Crippen LogP contribution in [0, 0.1) is 0 Å². The molecule has 4 nitrogen and oxygen atoms in total. The van der Waals surface area contributed by atoms with Gasteiger partial charge in [0.15, 0.2) is 0 Å². The van der Waals surface area contributed by atoms with Crippen molar-refractivity contribution in [2.24, 2.45) is 0 Å². The summed E-state index contributed by atoms with van der Waals surface area (Å²) in [5, 5.41) is 29.0. The van der Waals surface area contributed by atoms with E-state index in [1.807, 2.05) is 0 Å². The van der Waals surface area contributed by atoms with E-state index in [0.717, 1.165) is 11.3 Å². The molecule has 0 amide bonds. The maximum Gasteiger partial charge on any atom is 0.346 e. The number of aliphatic hydroxyl groups excluding tert-OH is 2. The molecule has 0 saturated carbocycles. The Balaban J connectivity index is 2.94. The predicted octanol–water partition coefficient (Wildman–Crippen LogP) is 1.08. The molecule has 2 atom stereocenters. The number of aliphatic hydroxyl groups is 2. The van der Waals surface area contributed by atoms with Crippen LogP contribution in [0.1, 0.15) is 21.3 Å². The summed E-state index contributed by atoms with van der Waals surface area (Å²) in [5.41, 5.74) is 0.204. The molecule has 0 aliphatic rings. The van der Waals surface area contributed by atoms with Crippen molar-refractivity contribution < 1.29 is 20.1 Å². The van der Waals surface area contributed by atoms with E-state index in [-0.39, 0.29) is 16.3 Å². The Hall–Kier alpha value is -0.620. The Kier molecular flexibility index (Phi) is 3.88. The fraction of sp³-hybridized carbons (Fsp3) is 0.375. The molecule has 14 heavy (non-hydrogen) atoms. The molecule has 1 heterocycles. The summed E-state index contributed by atoms with van der Waals surface area (Å²) in [4.78, 5) is 10.7. The Morgan fingerprint density at radius 1 is 1.57 bits per heavy atom. The highest BCUT2D eigenvalue weighted by Gasteiger charge is 2.23. The third-order valence-electron chi connectivity index (χ3n) is 1.73. The number of hydrogen-bond acceptors (Lipinski definition) is 4. The molecule has 3 N–H and O–H groups in total. The van der Waals surface area contributed by atoms with Gasteiger partial charge in [-0.1, -0.05) is 0 Å². The van der Waals surface area contributed by atoms with Crippen molar-refractivity contribution in [2.45, 2.75) is 12.2 Å². The SMILES string of the molecule is O=C(O)c1sccc1C(O)C(O)CCl. The number of halogens is 1. The normalized spacial score (nSPS) is 15.1. The fourth-order valence-electron chi connectivity index (χ4n) is 1.02. The van der Waals surface area contributed by atoms with E-state index < -0.39 is 18.2 Å². The lowest BCUT2D eigenvalue weighted by molar-refractivity contribution is 0.0317. The molecule has 1 rings (SSSR count). The molecule has 0 aliphatic carbocycles. The minimum atomic E-state index is -1.25. The molecule has 1 aromatic rings. The first kappa shape index (κ1) is 11.5.